The minimum absolute atomic E-state index is 0.170. The number of nitrogens with zero attached hydrogens (tertiary/aromatic N) is 1. The number of carbonyl (C=O) groups excluding carboxylic acids is 1. The molecule has 0 unspecified atom stereocenters. The van der Waals surface area contributed by atoms with Crippen molar-refractivity contribution in [1.82, 2.24) is 4.98 Å². The van der Waals surface area contributed by atoms with E-state index in [1.807, 2.05) is 27.7 Å². The van der Waals surface area contributed by atoms with Gasteiger partial charge < -0.3 is 19.5 Å². The van der Waals surface area contributed by atoms with Crippen LogP contribution in [0.2, 0.25) is 0 Å². The van der Waals surface area contributed by atoms with Crippen molar-refractivity contribution in [2.24, 2.45) is 0 Å². The molecule has 1 rings (SSSR count). The molecule has 130 valence electrons. The summed E-state index contributed by atoms with van der Waals surface area (Å²) in [7, 11) is 0. The van der Waals surface area contributed by atoms with Gasteiger partial charge in [0.1, 0.15) is 12.2 Å². The van der Waals surface area contributed by atoms with Crippen LogP contribution >= 0.6 is 0 Å². The number of rotatable bonds is 10. The van der Waals surface area contributed by atoms with Crippen LogP contribution in [-0.2, 0) is 14.3 Å². The summed E-state index contributed by atoms with van der Waals surface area (Å²) in [5.74, 6) is 0.347. The molecule has 1 amide bonds. The highest BCUT2D eigenvalue weighted by atomic mass is 16.5. The topological polar surface area (TPSA) is 69.7 Å². The number of hydrogen-bond acceptors (Lipinski definition) is 5. The van der Waals surface area contributed by atoms with Crippen LogP contribution in [0, 0.1) is 6.92 Å². The molecule has 0 fully saturated rings. The van der Waals surface area contributed by atoms with Crippen LogP contribution in [0.25, 0.3) is 0 Å². The van der Waals surface area contributed by atoms with Crippen molar-refractivity contribution < 1.29 is 19.0 Å². The molecule has 0 aliphatic carbocycles. The third kappa shape index (κ3) is 5.80. The second-order valence-corrected chi connectivity index (χ2v) is 5.30. The molecule has 1 heterocycles. The molecule has 0 spiro atoms. The molecule has 6 nitrogen and oxygen atoms in total. The Labute approximate surface area is 138 Å². The largest absolute Gasteiger partial charge is 0.475 e. The van der Waals surface area contributed by atoms with E-state index in [2.05, 4.69) is 10.3 Å². The highest BCUT2D eigenvalue weighted by Crippen LogP contribution is 2.21. The van der Waals surface area contributed by atoms with Crippen molar-refractivity contribution in [2.45, 2.75) is 46.6 Å². The van der Waals surface area contributed by atoms with Gasteiger partial charge in [-0.3, -0.25) is 4.79 Å². The maximum absolute atomic E-state index is 12.4. The van der Waals surface area contributed by atoms with E-state index in [1.165, 1.54) is 0 Å². The number of ether oxygens (including phenoxy) is 3. The van der Waals surface area contributed by atoms with Crippen LogP contribution in [0.1, 0.15) is 39.8 Å². The third-order valence-corrected chi connectivity index (χ3v) is 3.61. The number of nitrogens with one attached hydrogen (secondary N) is 1. The van der Waals surface area contributed by atoms with Crippen LogP contribution in [0.3, 0.4) is 0 Å². The molecule has 1 aromatic rings. The first kappa shape index (κ1) is 19.4. The Bertz CT molecular complexity index is 507. The summed E-state index contributed by atoms with van der Waals surface area (Å²) in [6.07, 6.45) is 0.595. The lowest BCUT2D eigenvalue weighted by atomic mass is 10.0. The molecule has 0 aliphatic rings. The molecule has 0 aromatic carbocycles. The van der Waals surface area contributed by atoms with E-state index in [-0.39, 0.29) is 5.91 Å². The molecular weight excluding hydrogens is 296 g/mol. The lowest BCUT2D eigenvalue weighted by molar-refractivity contribution is -0.139. The highest BCUT2D eigenvalue weighted by molar-refractivity contribution is 5.97. The van der Waals surface area contributed by atoms with Gasteiger partial charge in [-0.2, -0.15) is 0 Å². The summed E-state index contributed by atoms with van der Waals surface area (Å²) < 4.78 is 16.3. The molecular formula is C17H28N2O4. The predicted octanol–water partition coefficient (Wildman–Crippen LogP) is 2.95. The smallest absolute Gasteiger partial charge is 0.256 e. The van der Waals surface area contributed by atoms with Crippen molar-refractivity contribution in [2.75, 3.05) is 31.7 Å². The zero-order chi connectivity index (χ0) is 17.3. The molecule has 23 heavy (non-hydrogen) atoms. The maximum Gasteiger partial charge on any atom is 0.256 e. The van der Waals surface area contributed by atoms with Gasteiger partial charge in [0.05, 0.1) is 18.0 Å². The van der Waals surface area contributed by atoms with Crippen molar-refractivity contribution >= 4 is 11.6 Å². The second kappa shape index (κ2) is 9.47. The number of pyridine rings is 1. The Morgan fingerprint density at radius 1 is 1.22 bits per heavy atom. The van der Waals surface area contributed by atoms with Crippen molar-refractivity contribution in [3.8, 4) is 5.88 Å². The van der Waals surface area contributed by atoms with E-state index < -0.39 is 5.60 Å². The fourth-order valence-corrected chi connectivity index (χ4v) is 2.00. The summed E-state index contributed by atoms with van der Waals surface area (Å²) in [6, 6.07) is 3.52. The lowest BCUT2D eigenvalue weighted by Gasteiger charge is -2.27. The summed E-state index contributed by atoms with van der Waals surface area (Å²) in [6.45, 7) is 11.5. The van der Waals surface area contributed by atoms with Crippen molar-refractivity contribution in [3.05, 3.63) is 17.8 Å². The number of carbonyl (C=O) groups is 1. The molecule has 0 aliphatic heterocycles. The van der Waals surface area contributed by atoms with Crippen LogP contribution in [0.5, 0.6) is 5.88 Å². The standard InChI is InChI=1S/C17H28N2O4/c1-6-17(5,23-8-3)16(20)19-14-9-10-15(18-13(14)4)22-12-11-21-7-2/h9-10H,6-8,11-12H2,1-5H3,(H,19,20)/t17-/m1/s1. The Morgan fingerprint density at radius 2 is 1.96 bits per heavy atom. The third-order valence-electron chi connectivity index (χ3n) is 3.61. The molecule has 1 aromatic heterocycles. The fraction of sp³-hybridized carbons (Fsp3) is 0.647. The molecule has 0 bridgehead atoms. The van der Waals surface area contributed by atoms with Gasteiger partial charge in [-0.1, -0.05) is 6.92 Å². The van der Waals surface area contributed by atoms with Crippen LogP contribution in [0.15, 0.2) is 12.1 Å². The first-order valence-corrected chi connectivity index (χ1v) is 8.10. The Hall–Kier alpha value is -1.66. The normalized spacial score (nSPS) is 13.4. The van der Waals surface area contributed by atoms with Gasteiger partial charge in [0.2, 0.25) is 5.88 Å². The summed E-state index contributed by atoms with van der Waals surface area (Å²) in [5.41, 5.74) is 0.516. The predicted molar refractivity (Wildman–Crippen MR) is 89.9 cm³/mol. The quantitative estimate of drug-likeness (QED) is 0.670. The van der Waals surface area contributed by atoms with Gasteiger partial charge in [-0.05, 0) is 40.2 Å². The molecule has 6 heteroatoms. The average molecular weight is 324 g/mol. The maximum atomic E-state index is 12.4. The van der Waals surface area contributed by atoms with Gasteiger partial charge in [-0.25, -0.2) is 4.98 Å². The Kier molecular flexibility index (Phi) is 7.98. The van der Waals surface area contributed by atoms with Crippen LogP contribution < -0.4 is 10.1 Å². The Morgan fingerprint density at radius 3 is 2.52 bits per heavy atom. The van der Waals surface area contributed by atoms with E-state index in [9.17, 15) is 4.79 Å². The van der Waals surface area contributed by atoms with Gasteiger partial charge in [0, 0.05) is 19.3 Å². The monoisotopic (exact) mass is 324 g/mol. The van der Waals surface area contributed by atoms with Crippen molar-refractivity contribution in [1.29, 1.82) is 0 Å². The number of hydrogen-bond donors (Lipinski definition) is 1. The van der Waals surface area contributed by atoms with Crippen molar-refractivity contribution in [3.63, 3.8) is 0 Å². The molecule has 0 saturated carbocycles. The zero-order valence-electron chi connectivity index (χ0n) is 14.8. The second-order valence-electron chi connectivity index (χ2n) is 5.30. The number of aromatic nitrogens is 1. The van der Waals surface area contributed by atoms with Crippen LogP contribution in [-0.4, -0.2) is 42.9 Å². The van der Waals surface area contributed by atoms with E-state index in [0.717, 1.165) is 0 Å². The Balaban J connectivity index is 2.69. The van der Waals surface area contributed by atoms with Gasteiger partial charge in [0.15, 0.2) is 0 Å². The molecule has 1 atom stereocenters. The summed E-state index contributed by atoms with van der Waals surface area (Å²) in [4.78, 5) is 16.8. The van der Waals surface area contributed by atoms with E-state index in [0.29, 0.717) is 50.1 Å². The van der Waals surface area contributed by atoms with E-state index in [1.54, 1.807) is 19.1 Å². The van der Waals surface area contributed by atoms with Gasteiger partial charge in [-0.15, -0.1) is 0 Å². The number of aryl methyl sites for hydroxylation is 1. The molecule has 1 N–H and O–H groups in total. The highest BCUT2D eigenvalue weighted by Gasteiger charge is 2.32. The van der Waals surface area contributed by atoms with Gasteiger partial charge in [0.25, 0.3) is 5.91 Å². The number of amides is 1. The first-order valence-electron chi connectivity index (χ1n) is 8.10. The average Bonchev–Trinajstić information content (AvgIpc) is 2.54. The fourth-order valence-electron chi connectivity index (χ4n) is 2.00. The molecule has 0 saturated heterocycles. The van der Waals surface area contributed by atoms with E-state index >= 15 is 0 Å². The molecule has 0 radical (unpaired) electrons. The van der Waals surface area contributed by atoms with Crippen LogP contribution in [0.4, 0.5) is 5.69 Å². The van der Waals surface area contributed by atoms with E-state index in [4.69, 9.17) is 14.2 Å². The summed E-state index contributed by atoms with van der Waals surface area (Å²) >= 11 is 0. The number of anilines is 1. The minimum Gasteiger partial charge on any atom is -0.475 e. The SMILES string of the molecule is CCOCCOc1ccc(NC(=O)[C@@](C)(CC)OCC)c(C)n1. The minimum atomic E-state index is -0.839. The lowest BCUT2D eigenvalue weighted by Crippen LogP contribution is -2.42. The van der Waals surface area contributed by atoms with Gasteiger partial charge >= 0.3 is 0 Å². The first-order chi connectivity index (χ1) is 11.0. The summed E-state index contributed by atoms with van der Waals surface area (Å²) in [5, 5.41) is 2.88. The zero-order valence-corrected chi connectivity index (χ0v) is 14.8.